The fourth-order valence-electron chi connectivity index (χ4n) is 3.52. The number of nitrogens with zero attached hydrogens (tertiary/aromatic N) is 2. The van der Waals surface area contributed by atoms with Gasteiger partial charge in [-0.2, -0.15) is 11.8 Å². The number of nitrogens with one attached hydrogen (secondary N) is 1. The SMILES string of the molecule is CSCc1nc(CNC(=O)C2CCN(C3CCOCC3)CC2)cs1. The van der Waals surface area contributed by atoms with Gasteiger partial charge in [0, 0.05) is 36.3 Å². The van der Waals surface area contributed by atoms with Crippen LogP contribution in [0.4, 0.5) is 0 Å². The molecule has 0 saturated carbocycles. The molecule has 0 radical (unpaired) electrons. The molecule has 0 spiro atoms. The number of hydrogen-bond donors (Lipinski definition) is 1. The van der Waals surface area contributed by atoms with E-state index >= 15 is 0 Å². The van der Waals surface area contributed by atoms with E-state index in [1.165, 1.54) is 0 Å². The van der Waals surface area contributed by atoms with Crippen LogP contribution in [0.2, 0.25) is 0 Å². The highest BCUT2D eigenvalue weighted by molar-refractivity contribution is 7.97. The van der Waals surface area contributed by atoms with Gasteiger partial charge < -0.3 is 15.0 Å². The van der Waals surface area contributed by atoms with Crippen LogP contribution in [0.15, 0.2) is 5.38 Å². The van der Waals surface area contributed by atoms with Crippen LogP contribution in [0.3, 0.4) is 0 Å². The Morgan fingerprint density at radius 1 is 1.38 bits per heavy atom. The molecule has 0 aromatic carbocycles. The van der Waals surface area contributed by atoms with E-state index in [2.05, 4.69) is 26.8 Å². The molecule has 2 fully saturated rings. The lowest BCUT2D eigenvalue weighted by Gasteiger charge is -2.38. The summed E-state index contributed by atoms with van der Waals surface area (Å²) in [5.41, 5.74) is 0.983. The van der Waals surface area contributed by atoms with Gasteiger partial charge in [-0.1, -0.05) is 0 Å². The van der Waals surface area contributed by atoms with Crippen LogP contribution in [0.25, 0.3) is 0 Å². The molecule has 0 bridgehead atoms. The highest BCUT2D eigenvalue weighted by Crippen LogP contribution is 2.23. The smallest absolute Gasteiger partial charge is 0.223 e. The first-order valence-corrected chi connectivity index (χ1v) is 11.1. The molecule has 2 saturated heterocycles. The second kappa shape index (κ2) is 9.17. The lowest BCUT2D eigenvalue weighted by atomic mass is 9.93. The van der Waals surface area contributed by atoms with E-state index in [4.69, 9.17) is 4.74 Å². The first-order valence-electron chi connectivity index (χ1n) is 8.78. The molecule has 5 nitrogen and oxygen atoms in total. The Morgan fingerprint density at radius 3 is 2.83 bits per heavy atom. The largest absolute Gasteiger partial charge is 0.381 e. The molecular formula is C17H27N3O2S2. The Morgan fingerprint density at radius 2 is 2.12 bits per heavy atom. The van der Waals surface area contributed by atoms with Gasteiger partial charge in [0.1, 0.15) is 5.01 Å². The second-order valence-corrected chi connectivity index (χ2v) is 8.35. The van der Waals surface area contributed by atoms with Crippen LogP contribution in [0, 0.1) is 5.92 Å². The monoisotopic (exact) mass is 369 g/mol. The zero-order chi connectivity index (χ0) is 16.8. The van der Waals surface area contributed by atoms with Crippen LogP contribution in [0.1, 0.15) is 36.4 Å². The summed E-state index contributed by atoms with van der Waals surface area (Å²) in [6.45, 7) is 4.41. The fourth-order valence-corrected chi connectivity index (χ4v) is 5.03. The van der Waals surface area contributed by atoms with Crippen LogP contribution >= 0.6 is 23.1 Å². The summed E-state index contributed by atoms with van der Waals surface area (Å²) in [5, 5.41) is 6.27. The number of thioether (sulfide) groups is 1. The van der Waals surface area contributed by atoms with Crippen molar-refractivity contribution in [2.75, 3.05) is 32.6 Å². The number of thiazole rings is 1. The molecule has 0 aliphatic carbocycles. The van der Waals surface area contributed by atoms with E-state index < -0.39 is 0 Å². The number of likely N-dealkylation sites (tertiary alicyclic amines) is 1. The molecule has 2 aliphatic rings. The van der Waals surface area contributed by atoms with E-state index in [1.807, 2.05) is 0 Å². The number of carbonyl (C=O) groups is 1. The molecular weight excluding hydrogens is 342 g/mol. The predicted molar refractivity (Wildman–Crippen MR) is 99.3 cm³/mol. The third-order valence-electron chi connectivity index (χ3n) is 4.92. The fraction of sp³-hybridized carbons (Fsp3) is 0.765. The minimum atomic E-state index is 0.158. The van der Waals surface area contributed by atoms with Crippen molar-refractivity contribution in [1.29, 1.82) is 0 Å². The molecule has 7 heteroatoms. The van der Waals surface area contributed by atoms with Gasteiger partial charge in [-0.15, -0.1) is 11.3 Å². The van der Waals surface area contributed by atoms with Gasteiger partial charge in [0.15, 0.2) is 0 Å². The van der Waals surface area contributed by atoms with Crippen molar-refractivity contribution < 1.29 is 9.53 Å². The molecule has 2 aliphatic heterocycles. The van der Waals surface area contributed by atoms with E-state index in [0.717, 1.165) is 68.4 Å². The molecule has 1 aromatic rings. The summed E-state index contributed by atoms with van der Waals surface area (Å²) in [6, 6.07) is 0.660. The van der Waals surface area contributed by atoms with Gasteiger partial charge in [0.2, 0.25) is 5.91 Å². The average Bonchev–Trinajstić information content (AvgIpc) is 3.08. The summed E-state index contributed by atoms with van der Waals surface area (Å²) in [5.74, 6) is 1.30. The molecule has 3 rings (SSSR count). The summed E-state index contributed by atoms with van der Waals surface area (Å²) in [7, 11) is 0. The Kier molecular flexibility index (Phi) is 6.95. The van der Waals surface area contributed by atoms with Crippen molar-refractivity contribution in [2.24, 2.45) is 5.92 Å². The third kappa shape index (κ3) is 4.94. The van der Waals surface area contributed by atoms with Gasteiger partial charge in [0.25, 0.3) is 0 Å². The number of aromatic nitrogens is 1. The first-order chi connectivity index (χ1) is 11.8. The van der Waals surface area contributed by atoms with Crippen LogP contribution < -0.4 is 5.32 Å². The van der Waals surface area contributed by atoms with Crippen LogP contribution in [-0.4, -0.2) is 54.4 Å². The predicted octanol–water partition coefficient (Wildman–Crippen LogP) is 2.51. The van der Waals surface area contributed by atoms with Crippen molar-refractivity contribution in [1.82, 2.24) is 15.2 Å². The van der Waals surface area contributed by atoms with Crippen molar-refractivity contribution in [3.05, 3.63) is 16.1 Å². The molecule has 3 heterocycles. The van der Waals surface area contributed by atoms with E-state index in [-0.39, 0.29) is 11.8 Å². The minimum Gasteiger partial charge on any atom is -0.381 e. The molecule has 1 N–H and O–H groups in total. The second-order valence-electron chi connectivity index (χ2n) is 6.54. The number of carbonyl (C=O) groups excluding carboxylic acids is 1. The summed E-state index contributed by atoms with van der Waals surface area (Å²) in [6.07, 6.45) is 6.30. The first kappa shape index (κ1) is 18.2. The van der Waals surface area contributed by atoms with E-state index in [0.29, 0.717) is 12.6 Å². The van der Waals surface area contributed by atoms with Gasteiger partial charge in [-0.25, -0.2) is 4.98 Å². The zero-order valence-corrected chi connectivity index (χ0v) is 16.0. The zero-order valence-electron chi connectivity index (χ0n) is 14.3. The maximum Gasteiger partial charge on any atom is 0.223 e. The van der Waals surface area contributed by atoms with Gasteiger partial charge in [-0.05, 0) is 45.0 Å². The third-order valence-corrected chi connectivity index (χ3v) is 6.56. The van der Waals surface area contributed by atoms with Gasteiger partial charge in [-0.3, -0.25) is 4.79 Å². The number of amides is 1. The number of hydrogen-bond acceptors (Lipinski definition) is 6. The van der Waals surface area contributed by atoms with E-state index in [9.17, 15) is 4.79 Å². The van der Waals surface area contributed by atoms with E-state index in [1.54, 1.807) is 23.1 Å². The highest BCUT2D eigenvalue weighted by Gasteiger charge is 2.29. The maximum absolute atomic E-state index is 12.4. The van der Waals surface area contributed by atoms with Crippen molar-refractivity contribution in [3.63, 3.8) is 0 Å². The maximum atomic E-state index is 12.4. The lowest BCUT2D eigenvalue weighted by Crippen LogP contribution is -2.46. The number of rotatable bonds is 6. The topological polar surface area (TPSA) is 54.5 Å². The molecule has 0 unspecified atom stereocenters. The standard InChI is InChI=1S/C17H27N3O2S2/c1-23-12-16-19-14(11-24-16)10-18-17(21)13-2-6-20(7-3-13)15-4-8-22-9-5-15/h11,13,15H,2-10,12H2,1H3,(H,18,21). The lowest BCUT2D eigenvalue weighted by molar-refractivity contribution is -0.127. The Balaban J connectivity index is 1.39. The summed E-state index contributed by atoms with van der Waals surface area (Å²) < 4.78 is 5.44. The highest BCUT2D eigenvalue weighted by atomic mass is 32.2. The summed E-state index contributed by atoms with van der Waals surface area (Å²) >= 11 is 3.45. The Labute approximate surface area is 152 Å². The average molecular weight is 370 g/mol. The van der Waals surface area contributed by atoms with Crippen molar-refractivity contribution >= 4 is 29.0 Å². The van der Waals surface area contributed by atoms with Gasteiger partial charge in [0.05, 0.1) is 12.2 Å². The molecule has 1 amide bonds. The molecule has 134 valence electrons. The van der Waals surface area contributed by atoms with Crippen molar-refractivity contribution in [3.8, 4) is 0 Å². The van der Waals surface area contributed by atoms with Crippen LogP contribution in [-0.2, 0) is 21.8 Å². The number of ether oxygens (including phenoxy) is 1. The van der Waals surface area contributed by atoms with Gasteiger partial charge >= 0.3 is 0 Å². The Bertz CT molecular complexity index is 524. The normalized spacial score (nSPS) is 21.0. The van der Waals surface area contributed by atoms with Crippen LogP contribution in [0.5, 0.6) is 0 Å². The number of piperidine rings is 1. The summed E-state index contributed by atoms with van der Waals surface area (Å²) in [4.78, 5) is 19.5. The quantitative estimate of drug-likeness (QED) is 0.835. The minimum absolute atomic E-state index is 0.158. The molecule has 0 atom stereocenters. The molecule has 1 aromatic heterocycles. The Hall–Kier alpha value is -0.630. The van der Waals surface area contributed by atoms with Crippen molar-refractivity contribution in [2.45, 2.75) is 44.0 Å². The molecule has 24 heavy (non-hydrogen) atoms.